The van der Waals surface area contributed by atoms with Gasteiger partial charge < -0.3 is 19.9 Å². The average Bonchev–Trinajstić information content (AvgIpc) is 3.20. The van der Waals surface area contributed by atoms with E-state index in [1.807, 2.05) is 93.6 Å². The number of aliphatic hydroxyl groups excluding tert-OH is 1. The van der Waals surface area contributed by atoms with E-state index in [-0.39, 0.29) is 47.7 Å². The fraction of sp³-hybridized carbons (Fsp3) is 0.444. The molecular formula is C45H55N3O6S. The maximum absolute atomic E-state index is 13.8. The first-order valence-electron chi connectivity index (χ1n) is 19.8. The number of sulfonamides is 1. The molecule has 2 saturated heterocycles. The fourth-order valence-electron chi connectivity index (χ4n) is 8.63. The van der Waals surface area contributed by atoms with Crippen LogP contribution in [0.25, 0.3) is 11.1 Å². The summed E-state index contributed by atoms with van der Waals surface area (Å²) in [6, 6.07) is 32.4. The summed E-state index contributed by atoms with van der Waals surface area (Å²) >= 11 is 0. The summed E-state index contributed by atoms with van der Waals surface area (Å²) in [6.07, 6.45) is 6.22. The molecule has 1 aliphatic carbocycles. The molecule has 0 bridgehead atoms. The Morgan fingerprint density at radius 2 is 1.51 bits per heavy atom. The van der Waals surface area contributed by atoms with Gasteiger partial charge in [-0.15, -0.1) is 0 Å². The van der Waals surface area contributed by atoms with Crippen molar-refractivity contribution in [3.8, 4) is 11.1 Å². The van der Waals surface area contributed by atoms with Gasteiger partial charge in [-0.25, -0.2) is 13.1 Å². The molecule has 3 N–H and O–H groups in total. The summed E-state index contributed by atoms with van der Waals surface area (Å²) in [6.45, 7) is 6.88. The maximum atomic E-state index is 13.8. The first-order valence-corrected chi connectivity index (χ1v) is 21.3. The molecule has 55 heavy (non-hydrogen) atoms. The molecule has 0 aromatic heterocycles. The van der Waals surface area contributed by atoms with Crippen molar-refractivity contribution in [3.63, 3.8) is 0 Å². The molecule has 1 saturated carbocycles. The maximum Gasteiger partial charge on any atom is 0.240 e. The van der Waals surface area contributed by atoms with Gasteiger partial charge in [-0.05, 0) is 92.3 Å². The van der Waals surface area contributed by atoms with Crippen molar-refractivity contribution in [1.29, 1.82) is 0 Å². The molecule has 2 heterocycles. The zero-order chi connectivity index (χ0) is 38.6. The Hall–Kier alpha value is -3.90. The van der Waals surface area contributed by atoms with E-state index >= 15 is 0 Å². The lowest BCUT2D eigenvalue weighted by atomic mass is 9.75. The highest BCUT2D eigenvalue weighted by Gasteiger charge is 2.44. The fourth-order valence-corrected chi connectivity index (χ4v) is 9.65. The van der Waals surface area contributed by atoms with Crippen LogP contribution in [0.2, 0.25) is 0 Å². The number of fused-ring (bicyclic) bond motifs is 1. The summed E-state index contributed by atoms with van der Waals surface area (Å²) in [7, 11) is -3.67. The number of piperidine rings is 1. The first-order chi connectivity index (χ1) is 26.5. The number of rotatable bonds is 11. The SMILES string of the molecule is CC(C)(C)NC(=O)C1CCC2CCCCC2N1CC1CC(c2ccc(CO)cc2)OC(c2ccc(-c3ccccc3CNS(=O)(=O)c3ccccc3)cc2)O1. The van der Waals surface area contributed by atoms with Crippen molar-refractivity contribution in [3.05, 3.63) is 125 Å². The molecule has 0 radical (unpaired) electrons. The van der Waals surface area contributed by atoms with Crippen LogP contribution < -0.4 is 10.0 Å². The molecule has 0 spiro atoms. The molecule has 292 valence electrons. The van der Waals surface area contributed by atoms with Crippen LogP contribution in [0, 0.1) is 5.92 Å². The number of carbonyl (C=O) groups excluding carboxylic acids is 1. The van der Waals surface area contributed by atoms with Crippen LogP contribution >= 0.6 is 0 Å². The molecular weight excluding hydrogens is 711 g/mol. The van der Waals surface area contributed by atoms with Crippen molar-refractivity contribution in [1.82, 2.24) is 14.9 Å². The zero-order valence-corrected chi connectivity index (χ0v) is 33.0. The highest BCUT2D eigenvalue weighted by atomic mass is 32.2. The Balaban J connectivity index is 1.14. The van der Waals surface area contributed by atoms with Crippen LogP contribution in [0.4, 0.5) is 0 Å². The van der Waals surface area contributed by atoms with Crippen molar-refractivity contribution >= 4 is 15.9 Å². The van der Waals surface area contributed by atoms with E-state index in [4.69, 9.17) is 9.47 Å². The van der Waals surface area contributed by atoms with E-state index in [1.165, 1.54) is 19.3 Å². The van der Waals surface area contributed by atoms with E-state index in [0.29, 0.717) is 24.9 Å². The van der Waals surface area contributed by atoms with Crippen LogP contribution in [0.3, 0.4) is 0 Å². The smallest absolute Gasteiger partial charge is 0.240 e. The molecule has 1 amide bonds. The van der Waals surface area contributed by atoms with Gasteiger partial charge >= 0.3 is 0 Å². The number of nitrogens with one attached hydrogen (secondary N) is 2. The predicted octanol–water partition coefficient (Wildman–Crippen LogP) is 7.81. The van der Waals surface area contributed by atoms with E-state index in [1.54, 1.807) is 30.3 Å². The summed E-state index contributed by atoms with van der Waals surface area (Å²) < 4.78 is 42.3. The standard InChI is InChI=1S/C45H55N3O6S/c1-45(2,3)47-43(50)41-26-25-33-11-8-10-16-40(33)48(41)29-37-27-42(34-19-17-31(30-49)18-20-34)54-44(53-37)35-23-21-32(22-24-35)39-15-9-7-12-36(39)28-46-55(51,52)38-13-5-4-6-14-38/h4-7,9,12-15,17-24,33,37,40-42,44,46,49H,8,10-11,16,25-30H2,1-3H3,(H,47,50). The van der Waals surface area contributed by atoms with Crippen molar-refractivity contribution in [2.24, 2.45) is 5.92 Å². The third-order valence-corrected chi connectivity index (χ3v) is 12.8. The molecule has 9 nitrogen and oxygen atoms in total. The molecule has 4 aromatic rings. The van der Waals surface area contributed by atoms with Crippen LogP contribution in [0.1, 0.15) is 100 Å². The second-order valence-corrected chi connectivity index (χ2v) is 18.2. The highest BCUT2D eigenvalue weighted by molar-refractivity contribution is 7.89. The van der Waals surface area contributed by atoms with Gasteiger partial charge in [0.25, 0.3) is 0 Å². The van der Waals surface area contributed by atoms with Crippen LogP contribution in [0.15, 0.2) is 108 Å². The number of benzene rings is 4. The molecule has 2 aliphatic heterocycles. The van der Waals surface area contributed by atoms with E-state index < -0.39 is 16.3 Å². The summed E-state index contributed by atoms with van der Waals surface area (Å²) in [4.78, 5) is 16.5. The van der Waals surface area contributed by atoms with Crippen molar-refractivity contribution < 1.29 is 27.8 Å². The Morgan fingerprint density at radius 1 is 0.818 bits per heavy atom. The van der Waals surface area contributed by atoms with Crippen molar-refractivity contribution in [2.45, 2.75) is 120 Å². The molecule has 6 atom stereocenters. The number of nitrogens with zero attached hydrogens (tertiary/aromatic N) is 1. The van der Waals surface area contributed by atoms with E-state index in [0.717, 1.165) is 52.6 Å². The van der Waals surface area contributed by atoms with Crippen LogP contribution in [-0.4, -0.2) is 54.6 Å². The first kappa shape index (κ1) is 39.3. The van der Waals surface area contributed by atoms with Crippen LogP contribution in [-0.2, 0) is 37.4 Å². The third kappa shape index (κ3) is 9.56. The number of hydrogen-bond donors (Lipinski definition) is 3. The number of aliphatic hydroxyl groups is 1. The molecule has 6 unspecified atom stereocenters. The molecule has 10 heteroatoms. The highest BCUT2D eigenvalue weighted by Crippen LogP contribution is 2.42. The Morgan fingerprint density at radius 3 is 2.24 bits per heavy atom. The second-order valence-electron chi connectivity index (χ2n) is 16.4. The molecule has 3 aliphatic rings. The van der Waals surface area contributed by atoms with Gasteiger partial charge in [-0.2, -0.15) is 0 Å². The summed E-state index contributed by atoms with van der Waals surface area (Å²) in [5, 5.41) is 13.0. The Labute approximate surface area is 326 Å². The number of likely N-dealkylation sites (tertiary alicyclic amines) is 1. The van der Waals surface area contributed by atoms with Gasteiger partial charge in [0, 0.05) is 36.7 Å². The second kappa shape index (κ2) is 17.1. The van der Waals surface area contributed by atoms with Gasteiger partial charge in [0.1, 0.15) is 0 Å². The van der Waals surface area contributed by atoms with Gasteiger partial charge in [0.2, 0.25) is 15.9 Å². The van der Waals surface area contributed by atoms with Gasteiger partial charge in [-0.3, -0.25) is 9.69 Å². The number of hydrogen-bond acceptors (Lipinski definition) is 7. The monoisotopic (exact) mass is 765 g/mol. The van der Waals surface area contributed by atoms with Gasteiger partial charge in [0.15, 0.2) is 6.29 Å². The predicted molar refractivity (Wildman–Crippen MR) is 214 cm³/mol. The lowest BCUT2D eigenvalue weighted by Crippen LogP contribution is -2.61. The molecule has 7 rings (SSSR count). The Kier molecular flexibility index (Phi) is 12.2. The van der Waals surface area contributed by atoms with Gasteiger partial charge in [0.05, 0.1) is 29.8 Å². The summed E-state index contributed by atoms with van der Waals surface area (Å²) in [5.74, 6) is 0.689. The van der Waals surface area contributed by atoms with Crippen LogP contribution in [0.5, 0.6) is 0 Å². The zero-order valence-electron chi connectivity index (χ0n) is 32.2. The lowest BCUT2D eigenvalue weighted by Gasteiger charge is -2.50. The minimum Gasteiger partial charge on any atom is -0.392 e. The van der Waals surface area contributed by atoms with E-state index in [2.05, 4.69) is 14.9 Å². The number of carbonyl (C=O) groups is 1. The van der Waals surface area contributed by atoms with E-state index in [9.17, 15) is 18.3 Å². The third-order valence-electron chi connectivity index (χ3n) is 11.4. The Bertz CT molecular complexity index is 2000. The molecule has 3 fully saturated rings. The lowest BCUT2D eigenvalue weighted by molar-refractivity contribution is -0.255. The molecule has 4 aromatic carbocycles. The van der Waals surface area contributed by atoms with Gasteiger partial charge in [-0.1, -0.05) is 104 Å². The largest absolute Gasteiger partial charge is 0.392 e. The van der Waals surface area contributed by atoms with Crippen molar-refractivity contribution in [2.75, 3.05) is 6.54 Å². The summed E-state index contributed by atoms with van der Waals surface area (Å²) in [5.41, 5.74) is 5.17. The minimum absolute atomic E-state index is 0.0237. The normalized spacial score (nSPS) is 24.9. The topological polar surface area (TPSA) is 117 Å². The average molecular weight is 766 g/mol. The minimum atomic E-state index is -3.67. The number of amides is 1. The quantitative estimate of drug-likeness (QED) is 0.143. The number of ether oxygens (including phenoxy) is 2.